The highest BCUT2D eigenvalue weighted by Gasteiger charge is 2.42. The fraction of sp³-hybridized carbons (Fsp3) is 0.348. The zero-order valence-corrected chi connectivity index (χ0v) is 19.3. The molecule has 0 aromatic heterocycles. The van der Waals surface area contributed by atoms with Gasteiger partial charge in [0.25, 0.3) is 21.8 Å². The zero-order chi connectivity index (χ0) is 24.1. The maximum atomic E-state index is 12.5. The van der Waals surface area contributed by atoms with Crippen molar-refractivity contribution < 1.29 is 32.3 Å². The van der Waals surface area contributed by atoms with Gasteiger partial charge in [-0.2, -0.15) is 0 Å². The van der Waals surface area contributed by atoms with Crippen LogP contribution >= 0.6 is 0 Å². The number of ether oxygens (including phenoxy) is 2. The topological polar surface area (TPSA) is 122 Å². The highest BCUT2D eigenvalue weighted by Crippen LogP contribution is 2.29. The Morgan fingerprint density at radius 1 is 1.00 bits per heavy atom. The van der Waals surface area contributed by atoms with E-state index in [0.29, 0.717) is 17.5 Å². The Hall–Kier alpha value is -3.28. The number of fused-ring (bicyclic) bond motifs is 1. The number of nitrogens with one attached hydrogen (secondary N) is 1. The van der Waals surface area contributed by atoms with Gasteiger partial charge in [0.1, 0.15) is 11.4 Å². The summed E-state index contributed by atoms with van der Waals surface area (Å²) < 4.78 is 35.8. The van der Waals surface area contributed by atoms with Gasteiger partial charge >= 0.3 is 5.97 Å². The Kier molecular flexibility index (Phi) is 7.25. The highest BCUT2D eigenvalue weighted by molar-refractivity contribution is 7.90. The molecule has 1 saturated heterocycles. The molecule has 2 aliphatic heterocycles. The molecule has 2 heterocycles. The molecule has 0 aliphatic carbocycles. The van der Waals surface area contributed by atoms with Gasteiger partial charge in [0.2, 0.25) is 0 Å². The first-order valence-corrected chi connectivity index (χ1v) is 12.3. The lowest BCUT2D eigenvalue weighted by Crippen LogP contribution is -2.37. The molecule has 11 heteroatoms. The van der Waals surface area contributed by atoms with Crippen LogP contribution in [-0.2, 0) is 42.2 Å². The number of carbonyl (C=O) groups is 3. The van der Waals surface area contributed by atoms with Gasteiger partial charge in [0.05, 0.1) is 18.8 Å². The predicted octanol–water partition coefficient (Wildman–Crippen LogP) is 0.523. The standard InChI is InChI=1S/C23H25N3O7S/c27-21(24-13-17-5-1-2-6-18(17)14-25-9-11-32-12-10-25)16-33-22(28)15-26-23(29)19-7-3-4-8-20(19)34(26,30)31/h1-8H,9-16H2,(H,24,27). The van der Waals surface area contributed by atoms with Crippen LogP contribution in [0.4, 0.5) is 0 Å². The van der Waals surface area contributed by atoms with Crippen molar-refractivity contribution in [1.82, 2.24) is 14.5 Å². The number of benzene rings is 2. The zero-order valence-electron chi connectivity index (χ0n) is 18.4. The Balaban J connectivity index is 1.27. The number of hydrogen-bond acceptors (Lipinski definition) is 8. The predicted molar refractivity (Wildman–Crippen MR) is 120 cm³/mol. The summed E-state index contributed by atoms with van der Waals surface area (Å²) in [5.41, 5.74) is 2.03. The molecule has 2 aromatic carbocycles. The molecule has 1 fully saturated rings. The number of esters is 1. The van der Waals surface area contributed by atoms with Crippen molar-refractivity contribution in [2.45, 2.75) is 18.0 Å². The maximum Gasteiger partial charge on any atom is 0.327 e. The fourth-order valence-electron chi connectivity index (χ4n) is 3.83. The Labute approximate surface area is 197 Å². The Morgan fingerprint density at radius 3 is 2.41 bits per heavy atom. The largest absolute Gasteiger partial charge is 0.454 e. The summed E-state index contributed by atoms with van der Waals surface area (Å²) in [6.45, 7) is 2.69. The molecule has 1 N–H and O–H groups in total. The minimum atomic E-state index is -4.12. The van der Waals surface area contributed by atoms with Crippen molar-refractivity contribution in [3.63, 3.8) is 0 Å². The molecule has 2 aromatic rings. The summed E-state index contributed by atoms with van der Waals surface area (Å²) in [4.78, 5) is 38.9. The molecular weight excluding hydrogens is 462 g/mol. The summed E-state index contributed by atoms with van der Waals surface area (Å²) in [5, 5.41) is 2.71. The van der Waals surface area contributed by atoms with Crippen molar-refractivity contribution in [3.05, 3.63) is 65.2 Å². The van der Waals surface area contributed by atoms with Gasteiger partial charge in [-0.3, -0.25) is 19.3 Å². The van der Waals surface area contributed by atoms with E-state index in [1.807, 2.05) is 24.3 Å². The van der Waals surface area contributed by atoms with Crippen molar-refractivity contribution in [2.24, 2.45) is 0 Å². The van der Waals surface area contributed by atoms with Gasteiger partial charge < -0.3 is 14.8 Å². The van der Waals surface area contributed by atoms with Crippen LogP contribution in [0.25, 0.3) is 0 Å². The van der Waals surface area contributed by atoms with E-state index in [1.54, 1.807) is 0 Å². The van der Waals surface area contributed by atoms with E-state index in [0.717, 1.165) is 30.8 Å². The monoisotopic (exact) mass is 487 g/mol. The quantitative estimate of drug-likeness (QED) is 0.535. The summed E-state index contributed by atoms with van der Waals surface area (Å²) in [5.74, 6) is -2.32. The molecule has 34 heavy (non-hydrogen) atoms. The molecule has 0 radical (unpaired) electrons. The first-order valence-electron chi connectivity index (χ1n) is 10.8. The van der Waals surface area contributed by atoms with Crippen LogP contribution in [0, 0.1) is 0 Å². The lowest BCUT2D eigenvalue weighted by atomic mass is 10.1. The van der Waals surface area contributed by atoms with Crippen LogP contribution in [0.15, 0.2) is 53.4 Å². The third-order valence-electron chi connectivity index (χ3n) is 5.64. The smallest absolute Gasteiger partial charge is 0.327 e. The number of amides is 2. The van der Waals surface area contributed by atoms with Crippen molar-refractivity contribution in [1.29, 1.82) is 0 Å². The van der Waals surface area contributed by atoms with Crippen LogP contribution < -0.4 is 5.32 Å². The third kappa shape index (κ3) is 5.27. The van der Waals surface area contributed by atoms with Gasteiger partial charge in [0, 0.05) is 26.2 Å². The first-order chi connectivity index (χ1) is 16.4. The van der Waals surface area contributed by atoms with Crippen molar-refractivity contribution in [2.75, 3.05) is 39.5 Å². The number of rotatable bonds is 8. The molecular formula is C23H25N3O7S. The number of morpholine rings is 1. The summed E-state index contributed by atoms with van der Waals surface area (Å²) in [7, 11) is -4.12. The van der Waals surface area contributed by atoms with E-state index in [9.17, 15) is 22.8 Å². The van der Waals surface area contributed by atoms with Crippen molar-refractivity contribution in [3.8, 4) is 0 Å². The van der Waals surface area contributed by atoms with E-state index in [-0.39, 0.29) is 17.0 Å². The van der Waals surface area contributed by atoms with Gasteiger partial charge in [-0.15, -0.1) is 0 Å². The number of carbonyl (C=O) groups excluding carboxylic acids is 3. The van der Waals surface area contributed by atoms with E-state index in [2.05, 4.69) is 10.2 Å². The van der Waals surface area contributed by atoms with Crippen LogP contribution in [0.1, 0.15) is 21.5 Å². The maximum absolute atomic E-state index is 12.5. The van der Waals surface area contributed by atoms with Gasteiger partial charge in [-0.25, -0.2) is 12.7 Å². The molecule has 2 aliphatic rings. The van der Waals surface area contributed by atoms with E-state index < -0.39 is 41.0 Å². The van der Waals surface area contributed by atoms with Crippen LogP contribution in [0.5, 0.6) is 0 Å². The van der Waals surface area contributed by atoms with Gasteiger partial charge in [-0.05, 0) is 23.3 Å². The molecule has 2 amide bonds. The molecule has 0 spiro atoms. The summed E-state index contributed by atoms with van der Waals surface area (Å²) in [6, 6.07) is 13.5. The number of sulfonamides is 1. The lowest BCUT2D eigenvalue weighted by molar-refractivity contribution is -0.148. The Morgan fingerprint density at radius 2 is 1.68 bits per heavy atom. The van der Waals surface area contributed by atoms with Crippen LogP contribution in [0.2, 0.25) is 0 Å². The van der Waals surface area contributed by atoms with Crippen LogP contribution in [0.3, 0.4) is 0 Å². The highest BCUT2D eigenvalue weighted by atomic mass is 32.2. The minimum absolute atomic E-state index is 0.00351. The molecule has 0 saturated carbocycles. The minimum Gasteiger partial charge on any atom is -0.454 e. The summed E-state index contributed by atoms with van der Waals surface area (Å²) >= 11 is 0. The average Bonchev–Trinajstić information content (AvgIpc) is 3.03. The first kappa shape index (κ1) is 23.9. The summed E-state index contributed by atoms with van der Waals surface area (Å²) in [6.07, 6.45) is 0. The second kappa shape index (κ2) is 10.3. The lowest BCUT2D eigenvalue weighted by Gasteiger charge is -2.27. The van der Waals surface area contributed by atoms with Crippen molar-refractivity contribution >= 4 is 27.8 Å². The number of hydrogen-bond donors (Lipinski definition) is 1. The molecule has 10 nitrogen and oxygen atoms in total. The van der Waals surface area contributed by atoms with Gasteiger partial charge in [0.15, 0.2) is 6.61 Å². The Bertz CT molecular complexity index is 1190. The van der Waals surface area contributed by atoms with E-state index in [1.165, 1.54) is 24.3 Å². The van der Waals surface area contributed by atoms with E-state index in [4.69, 9.17) is 9.47 Å². The second-order valence-corrected chi connectivity index (χ2v) is 9.74. The van der Waals surface area contributed by atoms with Crippen LogP contribution in [-0.4, -0.2) is 74.9 Å². The second-order valence-electron chi connectivity index (χ2n) is 7.91. The molecule has 0 bridgehead atoms. The van der Waals surface area contributed by atoms with Gasteiger partial charge in [-0.1, -0.05) is 36.4 Å². The average molecular weight is 488 g/mol. The molecule has 0 unspecified atom stereocenters. The molecule has 180 valence electrons. The normalized spacial score (nSPS) is 17.3. The number of nitrogens with zero attached hydrogens (tertiary/aromatic N) is 2. The molecule has 4 rings (SSSR count). The van der Waals surface area contributed by atoms with E-state index >= 15 is 0 Å². The third-order valence-corrected chi connectivity index (χ3v) is 7.43. The fourth-order valence-corrected chi connectivity index (χ4v) is 5.34. The molecule has 0 atom stereocenters. The SMILES string of the molecule is O=C(COC(=O)CN1C(=O)c2ccccc2S1(=O)=O)NCc1ccccc1CN1CCOCC1.